The molecule has 0 unspecified atom stereocenters. The van der Waals surface area contributed by atoms with Crippen LogP contribution >= 0.6 is 0 Å². The normalized spacial score (nSPS) is 21.8. The number of hydrogen-bond acceptors (Lipinski definition) is 2. The third-order valence-corrected chi connectivity index (χ3v) is 3.04. The van der Waals surface area contributed by atoms with Gasteiger partial charge in [-0.05, 0) is 25.7 Å². The number of alkyl halides is 3. The van der Waals surface area contributed by atoms with Gasteiger partial charge in [0.05, 0.1) is 5.54 Å². The summed E-state index contributed by atoms with van der Waals surface area (Å²) in [5, 5.41) is 4.53. The zero-order valence-corrected chi connectivity index (χ0v) is 9.06. The van der Waals surface area contributed by atoms with Crippen LogP contribution in [0.4, 0.5) is 13.2 Å². The predicted octanol–water partition coefficient (Wildman–Crippen LogP) is 0.724. The molecule has 0 saturated heterocycles. The second-order valence-electron chi connectivity index (χ2n) is 4.72. The fourth-order valence-corrected chi connectivity index (χ4v) is 1.55. The molecule has 0 aliphatic heterocycles. The molecule has 0 heterocycles. The van der Waals surface area contributed by atoms with Gasteiger partial charge in [-0.25, -0.2) is 0 Å². The van der Waals surface area contributed by atoms with Crippen LogP contribution < -0.4 is 10.6 Å². The Hall–Kier alpha value is -1.27. The van der Waals surface area contributed by atoms with Crippen molar-refractivity contribution in [1.82, 2.24) is 10.6 Å². The van der Waals surface area contributed by atoms with Crippen LogP contribution in [-0.4, -0.2) is 30.1 Å². The molecule has 0 aromatic rings. The molecule has 2 N–H and O–H groups in total. The Morgan fingerprint density at radius 1 is 1.24 bits per heavy atom. The van der Waals surface area contributed by atoms with Gasteiger partial charge < -0.3 is 10.6 Å². The monoisotopic (exact) mass is 250 g/mol. The second kappa shape index (κ2) is 3.89. The molecule has 0 aromatic carbocycles. The first-order valence-electron chi connectivity index (χ1n) is 5.49. The van der Waals surface area contributed by atoms with Gasteiger partial charge in [-0.2, -0.15) is 13.2 Å². The molecule has 2 aliphatic carbocycles. The number of nitrogens with one attached hydrogen (secondary N) is 2. The van der Waals surface area contributed by atoms with E-state index in [2.05, 4.69) is 5.32 Å². The summed E-state index contributed by atoms with van der Waals surface area (Å²) in [7, 11) is 0. The number of amides is 2. The van der Waals surface area contributed by atoms with E-state index in [9.17, 15) is 22.8 Å². The first-order chi connectivity index (χ1) is 7.82. The average molecular weight is 250 g/mol. The van der Waals surface area contributed by atoms with Crippen molar-refractivity contribution in [3.8, 4) is 0 Å². The van der Waals surface area contributed by atoms with Gasteiger partial charge in [0.25, 0.3) is 0 Å². The highest BCUT2D eigenvalue weighted by Crippen LogP contribution is 2.36. The molecular weight excluding hydrogens is 237 g/mol. The zero-order chi connectivity index (χ0) is 12.7. The Labute approximate surface area is 95.9 Å². The van der Waals surface area contributed by atoms with Gasteiger partial charge in [0, 0.05) is 12.5 Å². The molecule has 0 atom stereocenters. The van der Waals surface area contributed by atoms with E-state index in [1.807, 2.05) is 5.32 Å². The fraction of sp³-hybridized carbons (Fsp3) is 0.800. The van der Waals surface area contributed by atoms with Crippen LogP contribution in [-0.2, 0) is 9.59 Å². The molecule has 2 amide bonds. The molecule has 0 aromatic heterocycles. The lowest BCUT2D eigenvalue weighted by atomic mass is 10.2. The summed E-state index contributed by atoms with van der Waals surface area (Å²) < 4.78 is 36.1. The SMILES string of the molecule is O=C(NCC1(NC(=O)C(F)(F)F)CC1)C1CC1. The van der Waals surface area contributed by atoms with Gasteiger partial charge in [0.15, 0.2) is 0 Å². The summed E-state index contributed by atoms with van der Waals surface area (Å²) >= 11 is 0. The van der Waals surface area contributed by atoms with Crippen LogP contribution in [0.15, 0.2) is 0 Å². The maximum atomic E-state index is 12.0. The zero-order valence-electron chi connectivity index (χ0n) is 9.06. The highest BCUT2D eigenvalue weighted by Gasteiger charge is 2.50. The molecule has 2 aliphatic rings. The number of hydrogen-bond donors (Lipinski definition) is 2. The van der Waals surface area contributed by atoms with Gasteiger partial charge >= 0.3 is 12.1 Å². The third-order valence-electron chi connectivity index (χ3n) is 3.04. The minimum absolute atomic E-state index is 0.0177. The summed E-state index contributed by atoms with van der Waals surface area (Å²) in [5.74, 6) is -2.04. The number of carbonyl (C=O) groups excluding carboxylic acids is 2. The molecule has 0 spiro atoms. The van der Waals surface area contributed by atoms with Gasteiger partial charge in [0.1, 0.15) is 0 Å². The summed E-state index contributed by atoms with van der Waals surface area (Å²) in [4.78, 5) is 22.1. The van der Waals surface area contributed by atoms with E-state index in [0.29, 0.717) is 12.8 Å². The number of carbonyl (C=O) groups is 2. The maximum absolute atomic E-state index is 12.0. The van der Waals surface area contributed by atoms with E-state index < -0.39 is 17.6 Å². The minimum Gasteiger partial charge on any atom is -0.354 e. The van der Waals surface area contributed by atoms with Crippen molar-refractivity contribution in [3.63, 3.8) is 0 Å². The molecule has 4 nitrogen and oxygen atoms in total. The first-order valence-corrected chi connectivity index (χ1v) is 5.49. The summed E-state index contributed by atoms with van der Waals surface area (Å²) in [5.41, 5.74) is -0.878. The van der Waals surface area contributed by atoms with Crippen LogP contribution in [0.1, 0.15) is 25.7 Å². The molecule has 2 rings (SSSR count). The van der Waals surface area contributed by atoms with Crippen molar-refractivity contribution in [1.29, 1.82) is 0 Å². The predicted molar refractivity (Wildman–Crippen MR) is 51.9 cm³/mol. The lowest BCUT2D eigenvalue weighted by molar-refractivity contribution is -0.174. The van der Waals surface area contributed by atoms with Gasteiger partial charge in [-0.3, -0.25) is 9.59 Å². The smallest absolute Gasteiger partial charge is 0.354 e. The Bertz CT molecular complexity index is 346. The van der Waals surface area contributed by atoms with Gasteiger partial charge in [-0.1, -0.05) is 0 Å². The highest BCUT2D eigenvalue weighted by molar-refractivity contribution is 5.83. The van der Waals surface area contributed by atoms with Gasteiger partial charge in [-0.15, -0.1) is 0 Å². The largest absolute Gasteiger partial charge is 0.471 e. The van der Waals surface area contributed by atoms with Crippen LogP contribution in [0.3, 0.4) is 0 Å². The number of halogens is 3. The van der Waals surface area contributed by atoms with Crippen molar-refractivity contribution in [2.24, 2.45) is 5.92 Å². The standard InChI is InChI=1S/C10H13F3N2O2/c11-10(12,13)8(17)15-9(3-4-9)5-14-7(16)6-1-2-6/h6H,1-5H2,(H,14,16)(H,15,17). The molecule has 7 heteroatoms. The topological polar surface area (TPSA) is 58.2 Å². The Morgan fingerprint density at radius 2 is 1.82 bits per heavy atom. The fourth-order valence-electron chi connectivity index (χ4n) is 1.55. The maximum Gasteiger partial charge on any atom is 0.471 e. The van der Waals surface area contributed by atoms with E-state index >= 15 is 0 Å². The third kappa shape index (κ3) is 3.10. The first kappa shape index (κ1) is 12.2. The second-order valence-corrected chi connectivity index (χ2v) is 4.72. The molecule has 0 bridgehead atoms. The van der Waals surface area contributed by atoms with E-state index in [0.717, 1.165) is 12.8 Å². The van der Waals surface area contributed by atoms with Crippen LogP contribution in [0.5, 0.6) is 0 Å². The Balaban J connectivity index is 1.79. The highest BCUT2D eigenvalue weighted by atomic mass is 19.4. The summed E-state index contributed by atoms with van der Waals surface area (Å²) in [6.07, 6.45) is -2.24. The van der Waals surface area contributed by atoms with Crippen LogP contribution in [0, 0.1) is 5.92 Å². The lowest BCUT2D eigenvalue weighted by Crippen LogP contribution is -2.50. The van der Waals surface area contributed by atoms with E-state index in [-0.39, 0.29) is 18.4 Å². The Kier molecular flexibility index (Phi) is 2.79. The number of rotatable bonds is 4. The van der Waals surface area contributed by atoms with E-state index in [1.54, 1.807) is 0 Å². The van der Waals surface area contributed by atoms with Crippen LogP contribution in [0.25, 0.3) is 0 Å². The van der Waals surface area contributed by atoms with Crippen molar-refractivity contribution < 1.29 is 22.8 Å². The Morgan fingerprint density at radius 3 is 2.24 bits per heavy atom. The quantitative estimate of drug-likeness (QED) is 0.772. The molecule has 2 saturated carbocycles. The molecule has 2 fully saturated rings. The van der Waals surface area contributed by atoms with Crippen molar-refractivity contribution in [3.05, 3.63) is 0 Å². The van der Waals surface area contributed by atoms with Crippen LogP contribution in [0.2, 0.25) is 0 Å². The summed E-state index contributed by atoms with van der Waals surface area (Å²) in [6, 6.07) is 0. The van der Waals surface area contributed by atoms with Crippen molar-refractivity contribution in [2.75, 3.05) is 6.54 Å². The minimum atomic E-state index is -4.86. The molecule has 17 heavy (non-hydrogen) atoms. The average Bonchev–Trinajstić information content (AvgIpc) is 3.08. The molecule has 96 valence electrons. The molecule has 0 radical (unpaired) electrons. The van der Waals surface area contributed by atoms with Gasteiger partial charge in [0.2, 0.25) is 5.91 Å². The molecular formula is C10H13F3N2O2. The summed E-state index contributed by atoms with van der Waals surface area (Å²) in [6.45, 7) is 0.0875. The van der Waals surface area contributed by atoms with E-state index in [1.165, 1.54) is 0 Å². The van der Waals surface area contributed by atoms with Crippen molar-refractivity contribution in [2.45, 2.75) is 37.4 Å². The van der Waals surface area contributed by atoms with Crippen molar-refractivity contribution >= 4 is 11.8 Å². The lowest BCUT2D eigenvalue weighted by Gasteiger charge is -2.19. The van der Waals surface area contributed by atoms with E-state index in [4.69, 9.17) is 0 Å².